The van der Waals surface area contributed by atoms with E-state index in [-0.39, 0.29) is 94.5 Å². The molecule has 0 spiro atoms. The summed E-state index contributed by atoms with van der Waals surface area (Å²) in [4.78, 5) is 65.2. The molecule has 0 heterocycles. The Labute approximate surface area is 281 Å². The minimum atomic E-state index is -3.73. The van der Waals surface area contributed by atoms with Crippen LogP contribution in [0, 0.1) is 40.8 Å². The summed E-state index contributed by atoms with van der Waals surface area (Å²) in [6, 6.07) is 23.6. The quantitative estimate of drug-likeness (QED) is 0.221. The minimum absolute atomic E-state index is 0. The number of aliphatic carboxylic acids is 3. The van der Waals surface area contributed by atoms with Gasteiger partial charge in [-0.15, -0.1) is 0 Å². The Balaban J connectivity index is 0.000000608. The molecule has 0 amide bonds. The van der Waals surface area contributed by atoms with Crippen molar-refractivity contribution in [1.29, 1.82) is 0 Å². The van der Waals surface area contributed by atoms with E-state index >= 15 is 0 Å². The summed E-state index contributed by atoms with van der Waals surface area (Å²) < 4.78 is 34.5. The van der Waals surface area contributed by atoms with Crippen LogP contribution in [0.25, 0.3) is 0 Å². The first-order valence-electron chi connectivity index (χ1n) is 12.3. The van der Waals surface area contributed by atoms with Gasteiger partial charge in [-0.2, -0.15) is 0 Å². The fraction of sp³-hybridized carbons (Fsp3) is 0.222. The zero-order chi connectivity index (χ0) is 31.8. The number of hydrogen-bond acceptors (Lipinski definition) is 9. The molecule has 1 radical (unpaired) electrons. The van der Waals surface area contributed by atoms with Crippen LogP contribution in [-0.4, -0.2) is 51.7 Å². The molecular weight excluding hydrogens is 753 g/mol. The molecule has 0 aliphatic rings. The number of carbonyl (C=O) groups is 3. The fourth-order valence-electron chi connectivity index (χ4n) is 3.08. The topological polar surface area (TPSA) is 232 Å². The van der Waals surface area contributed by atoms with Gasteiger partial charge in [0.05, 0.1) is 19.3 Å². The summed E-state index contributed by atoms with van der Waals surface area (Å²) in [5, 5.41) is 25.7. The molecule has 3 atom stereocenters. The average Bonchev–Trinajstić information content (AvgIpc) is 2.96. The molecule has 229 valence electrons. The third-order valence-electron chi connectivity index (χ3n) is 5.31. The Kier molecular flexibility index (Phi) is 19.2. The first-order valence-corrected chi connectivity index (χ1v) is 17.7. The maximum absolute atomic E-state index is 11.5. The molecule has 16 heteroatoms. The van der Waals surface area contributed by atoms with Crippen LogP contribution in [0.15, 0.2) is 91.0 Å². The smallest absolute Gasteiger partial charge is 0.796 e. The predicted molar refractivity (Wildman–Crippen MR) is 152 cm³/mol. The molecular formula is C27H30NdO12P3. The van der Waals surface area contributed by atoms with Crippen molar-refractivity contribution in [1.82, 2.24) is 0 Å². The monoisotopic (exact) mass is 781 g/mol. The van der Waals surface area contributed by atoms with Crippen LogP contribution in [0.3, 0.4) is 0 Å². The maximum atomic E-state index is 11.5. The van der Waals surface area contributed by atoms with Crippen molar-refractivity contribution in [3.05, 3.63) is 91.0 Å². The molecule has 0 aromatic heterocycles. The van der Waals surface area contributed by atoms with Crippen LogP contribution < -0.4 is 30.6 Å². The molecule has 0 aliphatic heterocycles. The van der Waals surface area contributed by atoms with Crippen molar-refractivity contribution in [3.8, 4) is 0 Å². The van der Waals surface area contributed by atoms with Crippen molar-refractivity contribution in [2.75, 3.05) is 18.5 Å². The fourth-order valence-corrected chi connectivity index (χ4v) is 7.19. The third kappa shape index (κ3) is 17.2. The zero-order valence-corrected chi connectivity index (χ0v) is 28.7. The van der Waals surface area contributed by atoms with Crippen molar-refractivity contribution in [3.63, 3.8) is 0 Å². The number of carboxylic acid groups (broad SMARTS) is 3. The molecule has 0 saturated carbocycles. The van der Waals surface area contributed by atoms with Gasteiger partial charge in [-0.05, 0) is 15.9 Å². The Hall–Kier alpha value is -2.01. The van der Waals surface area contributed by atoms with Gasteiger partial charge in [0.1, 0.15) is 0 Å². The molecule has 0 bridgehead atoms. The van der Waals surface area contributed by atoms with E-state index < -0.39 is 40.0 Å². The Morgan fingerprint density at radius 1 is 0.465 bits per heavy atom. The van der Waals surface area contributed by atoms with Crippen LogP contribution >= 0.6 is 22.1 Å². The van der Waals surface area contributed by atoms with E-state index in [2.05, 4.69) is 0 Å². The third-order valence-corrected chi connectivity index (χ3v) is 11.0. The van der Waals surface area contributed by atoms with Gasteiger partial charge in [-0.1, -0.05) is 91.0 Å². The molecule has 12 nitrogen and oxygen atoms in total. The normalized spacial score (nSPS) is 14.3. The van der Waals surface area contributed by atoms with Gasteiger partial charge in [-0.25, -0.2) is 0 Å². The summed E-state index contributed by atoms with van der Waals surface area (Å²) in [6.45, 7) is 0. The second-order valence-electron chi connectivity index (χ2n) is 8.63. The van der Waals surface area contributed by atoms with E-state index in [1.165, 1.54) is 36.4 Å². The molecule has 0 fully saturated rings. The molecule has 3 N–H and O–H groups in total. The second-order valence-corrected chi connectivity index (χ2v) is 15.6. The summed E-state index contributed by atoms with van der Waals surface area (Å²) >= 11 is 0. The number of rotatable bonds is 12. The molecule has 0 aliphatic carbocycles. The minimum Gasteiger partial charge on any atom is -0.796 e. The predicted octanol–water partition coefficient (Wildman–Crippen LogP) is 1.28. The van der Waals surface area contributed by atoms with Gasteiger partial charge < -0.3 is 43.7 Å². The Morgan fingerprint density at radius 3 is 0.814 bits per heavy atom. The van der Waals surface area contributed by atoms with E-state index in [4.69, 9.17) is 15.3 Å². The number of carboxylic acids is 3. The molecule has 0 saturated heterocycles. The summed E-state index contributed by atoms with van der Waals surface area (Å²) in [5.41, 5.74) is 0. The van der Waals surface area contributed by atoms with Gasteiger partial charge >= 0.3 is 58.7 Å². The Bertz CT molecular complexity index is 1260. The number of benzene rings is 3. The van der Waals surface area contributed by atoms with E-state index in [9.17, 15) is 42.8 Å². The van der Waals surface area contributed by atoms with Gasteiger partial charge in [0, 0.05) is 40.6 Å². The van der Waals surface area contributed by atoms with Gasteiger partial charge in [0.2, 0.25) is 0 Å². The summed E-state index contributed by atoms with van der Waals surface area (Å²) in [6.07, 6.45) is -2.04. The van der Waals surface area contributed by atoms with Crippen LogP contribution in [0.1, 0.15) is 19.3 Å². The van der Waals surface area contributed by atoms with E-state index in [1.807, 2.05) is 0 Å². The average molecular weight is 784 g/mol. The molecule has 3 aromatic rings. The van der Waals surface area contributed by atoms with Crippen LogP contribution in [0.2, 0.25) is 0 Å². The van der Waals surface area contributed by atoms with Crippen molar-refractivity contribution >= 4 is 55.9 Å². The molecule has 3 aromatic carbocycles. The SMILES string of the molecule is O=C(O)CCP(=O)([O-])c1ccccc1.O=C(O)CCP(=O)([O-])c1ccccc1.O=C(O)CCP(=O)([O-])c1ccccc1.[Nd+3]. The second kappa shape index (κ2) is 20.1. The Morgan fingerprint density at radius 2 is 0.651 bits per heavy atom. The molecule has 3 rings (SSSR count). The zero-order valence-electron chi connectivity index (χ0n) is 22.8. The first-order chi connectivity index (χ1) is 19.6. The largest absolute Gasteiger partial charge is 3.00 e. The van der Waals surface area contributed by atoms with Gasteiger partial charge in [-0.3, -0.25) is 14.4 Å². The van der Waals surface area contributed by atoms with Crippen molar-refractivity contribution in [2.24, 2.45) is 0 Å². The van der Waals surface area contributed by atoms with Gasteiger partial charge in [0.15, 0.2) is 0 Å². The van der Waals surface area contributed by atoms with Crippen molar-refractivity contribution in [2.45, 2.75) is 19.3 Å². The van der Waals surface area contributed by atoms with Crippen LogP contribution in [-0.2, 0) is 28.1 Å². The number of hydrogen-bond donors (Lipinski definition) is 3. The van der Waals surface area contributed by atoms with Crippen molar-refractivity contribution < 1.29 is 98.9 Å². The standard InChI is InChI=1S/3C9H11O4P.Nd/c3*10-9(11)6-7-14(12,13)8-4-2-1-3-5-8;/h3*1-5H,6-7H2,(H,10,11)(H,12,13);/q;;;+3/p-3. The molecule has 3 unspecified atom stereocenters. The molecule has 43 heavy (non-hydrogen) atoms. The van der Waals surface area contributed by atoms with E-state index in [1.54, 1.807) is 54.6 Å². The summed E-state index contributed by atoms with van der Waals surface area (Å²) in [5.74, 6) is -3.30. The first kappa shape index (κ1) is 41.0. The van der Waals surface area contributed by atoms with E-state index in [0.29, 0.717) is 0 Å². The van der Waals surface area contributed by atoms with Crippen LogP contribution in [0.5, 0.6) is 0 Å². The summed E-state index contributed by atoms with van der Waals surface area (Å²) in [7, 11) is -11.2. The maximum Gasteiger partial charge on any atom is 3.00 e. The van der Waals surface area contributed by atoms with Gasteiger partial charge in [0.25, 0.3) is 0 Å². The van der Waals surface area contributed by atoms with E-state index in [0.717, 1.165) is 0 Å². The van der Waals surface area contributed by atoms with Crippen LogP contribution in [0.4, 0.5) is 0 Å².